The van der Waals surface area contributed by atoms with Crippen molar-refractivity contribution < 1.29 is 9.47 Å². The minimum atomic E-state index is -0.146. The van der Waals surface area contributed by atoms with E-state index in [0.717, 1.165) is 36.7 Å². The Kier molecular flexibility index (Phi) is 3.12. The number of ether oxygens (including phenoxy) is 2. The summed E-state index contributed by atoms with van der Waals surface area (Å²) in [5.41, 5.74) is 1.63. The molecule has 1 aromatic carbocycles. The number of fused-ring (bicyclic) bond motifs is 2. The van der Waals surface area contributed by atoms with Crippen LogP contribution in [0.15, 0.2) is 41.6 Å². The quantitative estimate of drug-likeness (QED) is 0.774. The molecule has 5 rings (SSSR count). The molecule has 2 aliphatic heterocycles. The predicted octanol–water partition coefficient (Wildman–Crippen LogP) is 2.39. The Hall–Kier alpha value is -3.09. The molecule has 0 aliphatic carbocycles. The third-order valence-corrected chi connectivity index (χ3v) is 4.84. The first-order valence-corrected chi connectivity index (χ1v) is 8.29. The molecule has 7 heteroatoms. The van der Waals surface area contributed by atoms with Crippen LogP contribution in [0.25, 0.3) is 10.9 Å². The average Bonchev–Trinajstić information content (AvgIpc) is 3.30. The lowest BCUT2D eigenvalue weighted by Crippen LogP contribution is -2.24. The molecule has 25 heavy (non-hydrogen) atoms. The van der Waals surface area contributed by atoms with Crippen LogP contribution in [0.1, 0.15) is 24.4 Å². The first-order valence-electron chi connectivity index (χ1n) is 8.29. The third-order valence-electron chi connectivity index (χ3n) is 4.84. The fourth-order valence-electron chi connectivity index (χ4n) is 3.63. The Morgan fingerprint density at radius 2 is 2.08 bits per heavy atom. The first-order chi connectivity index (χ1) is 12.3. The van der Waals surface area contributed by atoms with Gasteiger partial charge in [-0.2, -0.15) is 0 Å². The largest absolute Gasteiger partial charge is 0.454 e. The molecule has 2 aromatic heterocycles. The van der Waals surface area contributed by atoms with Crippen molar-refractivity contribution in [3.63, 3.8) is 0 Å². The molecule has 3 aromatic rings. The lowest BCUT2D eigenvalue weighted by atomic mass is 10.0. The molecule has 126 valence electrons. The highest BCUT2D eigenvalue weighted by Gasteiger charge is 2.29. The standard InChI is InChI=1S/C18H16N4O3/c23-18-12-7-17(19-8-13(12)20-9-21-18)22-5-1-2-14(22)11-3-4-15-16(6-11)25-10-24-15/h3-4,6-9,14H,1-2,5,10H2,(H,20,21,23)/t14-/m0/s1. The molecular formula is C18H16N4O3. The number of nitrogens with one attached hydrogen (secondary N) is 1. The lowest BCUT2D eigenvalue weighted by Gasteiger charge is -2.26. The van der Waals surface area contributed by atoms with Crippen LogP contribution in [0.2, 0.25) is 0 Å². The summed E-state index contributed by atoms with van der Waals surface area (Å²) in [6.07, 6.45) is 5.16. The Bertz CT molecular complexity index is 1020. The first kappa shape index (κ1) is 14.3. The van der Waals surface area contributed by atoms with Gasteiger partial charge in [0.05, 0.1) is 29.5 Å². The summed E-state index contributed by atoms with van der Waals surface area (Å²) in [6.45, 7) is 1.17. The van der Waals surface area contributed by atoms with Gasteiger partial charge >= 0.3 is 0 Å². The van der Waals surface area contributed by atoms with Crippen molar-refractivity contribution in [3.8, 4) is 11.5 Å². The van der Waals surface area contributed by atoms with E-state index in [1.54, 1.807) is 6.20 Å². The molecule has 0 unspecified atom stereocenters. The Morgan fingerprint density at radius 1 is 1.16 bits per heavy atom. The van der Waals surface area contributed by atoms with Crippen molar-refractivity contribution in [2.45, 2.75) is 18.9 Å². The summed E-state index contributed by atoms with van der Waals surface area (Å²) in [5.74, 6) is 2.37. The average molecular weight is 336 g/mol. The zero-order chi connectivity index (χ0) is 16.8. The third kappa shape index (κ3) is 2.31. The van der Waals surface area contributed by atoms with Crippen LogP contribution >= 0.6 is 0 Å². The van der Waals surface area contributed by atoms with E-state index < -0.39 is 0 Å². The molecule has 2 aliphatic rings. The van der Waals surface area contributed by atoms with Gasteiger partial charge in [-0.15, -0.1) is 0 Å². The fourth-order valence-corrected chi connectivity index (χ4v) is 3.63. The number of benzene rings is 1. The summed E-state index contributed by atoms with van der Waals surface area (Å²) < 4.78 is 10.9. The molecule has 1 fully saturated rings. The van der Waals surface area contributed by atoms with Gasteiger partial charge in [0, 0.05) is 6.54 Å². The number of rotatable bonds is 2. The van der Waals surface area contributed by atoms with E-state index in [9.17, 15) is 4.79 Å². The van der Waals surface area contributed by atoms with Gasteiger partial charge in [-0.1, -0.05) is 6.07 Å². The van der Waals surface area contributed by atoms with Gasteiger partial charge in [-0.25, -0.2) is 9.97 Å². The van der Waals surface area contributed by atoms with Crippen LogP contribution in [-0.2, 0) is 0 Å². The van der Waals surface area contributed by atoms with Crippen molar-refractivity contribution in [1.29, 1.82) is 0 Å². The van der Waals surface area contributed by atoms with Crippen LogP contribution in [0.3, 0.4) is 0 Å². The highest BCUT2D eigenvalue weighted by atomic mass is 16.7. The lowest BCUT2D eigenvalue weighted by molar-refractivity contribution is 0.174. The van der Waals surface area contributed by atoms with Crippen molar-refractivity contribution in [1.82, 2.24) is 15.0 Å². The van der Waals surface area contributed by atoms with Crippen molar-refractivity contribution in [3.05, 3.63) is 52.7 Å². The molecule has 0 saturated carbocycles. The van der Waals surface area contributed by atoms with Gasteiger partial charge in [-0.05, 0) is 36.6 Å². The number of hydrogen-bond donors (Lipinski definition) is 1. The highest BCUT2D eigenvalue weighted by molar-refractivity contribution is 5.79. The zero-order valence-corrected chi connectivity index (χ0v) is 13.4. The molecule has 0 bridgehead atoms. The molecule has 7 nitrogen and oxygen atoms in total. The smallest absolute Gasteiger partial charge is 0.258 e. The van der Waals surface area contributed by atoms with E-state index in [4.69, 9.17) is 9.47 Å². The SMILES string of the molecule is O=c1[nH]cnc2cnc(N3CCC[C@H]3c3ccc4c(c3)OCO4)cc12. The van der Waals surface area contributed by atoms with Gasteiger partial charge in [0.1, 0.15) is 5.82 Å². The number of aromatic amines is 1. The second-order valence-corrected chi connectivity index (χ2v) is 6.26. The topological polar surface area (TPSA) is 80.3 Å². The maximum absolute atomic E-state index is 12.1. The maximum Gasteiger partial charge on any atom is 0.258 e. The normalized spacial score (nSPS) is 18.9. The van der Waals surface area contributed by atoms with Crippen LogP contribution in [-0.4, -0.2) is 28.3 Å². The zero-order valence-electron chi connectivity index (χ0n) is 13.4. The van der Waals surface area contributed by atoms with Gasteiger partial charge in [0.2, 0.25) is 6.79 Å². The Morgan fingerprint density at radius 3 is 3.04 bits per heavy atom. The number of aromatic nitrogens is 3. The van der Waals surface area contributed by atoms with Crippen LogP contribution in [0, 0.1) is 0 Å². The van der Waals surface area contributed by atoms with E-state index in [1.807, 2.05) is 18.2 Å². The monoisotopic (exact) mass is 336 g/mol. The van der Waals surface area contributed by atoms with Gasteiger partial charge < -0.3 is 19.4 Å². The minimum Gasteiger partial charge on any atom is -0.454 e. The summed E-state index contributed by atoms with van der Waals surface area (Å²) in [7, 11) is 0. The van der Waals surface area contributed by atoms with Crippen molar-refractivity contribution in [2.75, 3.05) is 18.2 Å². The van der Waals surface area contributed by atoms with Gasteiger partial charge in [0.15, 0.2) is 11.5 Å². The van der Waals surface area contributed by atoms with E-state index in [1.165, 1.54) is 11.9 Å². The van der Waals surface area contributed by atoms with Crippen LogP contribution in [0.4, 0.5) is 5.82 Å². The number of H-pyrrole nitrogens is 1. The molecule has 4 heterocycles. The Labute approximate surface area is 143 Å². The van der Waals surface area contributed by atoms with Gasteiger partial charge in [0.25, 0.3) is 5.56 Å². The van der Waals surface area contributed by atoms with Crippen molar-refractivity contribution >= 4 is 16.7 Å². The number of anilines is 1. The van der Waals surface area contributed by atoms with Crippen LogP contribution in [0.5, 0.6) is 11.5 Å². The summed E-state index contributed by atoms with van der Waals surface area (Å²) >= 11 is 0. The maximum atomic E-state index is 12.1. The molecule has 0 radical (unpaired) electrons. The summed E-state index contributed by atoms with van der Waals surface area (Å²) in [5, 5.41) is 0.559. The minimum absolute atomic E-state index is 0.146. The Balaban J connectivity index is 1.55. The number of hydrogen-bond acceptors (Lipinski definition) is 6. The van der Waals surface area contributed by atoms with Gasteiger partial charge in [-0.3, -0.25) is 4.79 Å². The number of pyridine rings is 1. The highest BCUT2D eigenvalue weighted by Crippen LogP contribution is 2.40. The molecule has 1 saturated heterocycles. The molecule has 0 amide bonds. The predicted molar refractivity (Wildman–Crippen MR) is 92.0 cm³/mol. The van der Waals surface area contributed by atoms with E-state index >= 15 is 0 Å². The molecular weight excluding hydrogens is 320 g/mol. The number of nitrogens with zero attached hydrogens (tertiary/aromatic N) is 3. The second-order valence-electron chi connectivity index (χ2n) is 6.26. The molecule has 0 spiro atoms. The summed E-state index contributed by atoms with van der Waals surface area (Å²) in [4.78, 5) is 25.6. The van der Waals surface area contributed by atoms with E-state index in [2.05, 4.69) is 25.9 Å². The summed E-state index contributed by atoms with van der Waals surface area (Å²) in [6, 6.07) is 8.10. The second kappa shape index (κ2) is 5.47. The van der Waals surface area contributed by atoms with E-state index in [-0.39, 0.29) is 18.4 Å². The fraction of sp³-hybridized carbons (Fsp3) is 0.278. The van der Waals surface area contributed by atoms with Crippen molar-refractivity contribution in [2.24, 2.45) is 0 Å². The van der Waals surface area contributed by atoms with E-state index in [0.29, 0.717) is 10.9 Å². The molecule has 1 atom stereocenters. The molecule has 1 N–H and O–H groups in total. The van der Waals surface area contributed by atoms with Crippen LogP contribution < -0.4 is 19.9 Å².